The Morgan fingerprint density at radius 2 is 2.05 bits per heavy atom. The van der Waals surface area contributed by atoms with Crippen LogP contribution >= 0.6 is 0 Å². The second-order valence-corrected chi connectivity index (χ2v) is 5.55. The van der Waals surface area contributed by atoms with Crippen LogP contribution in [0.15, 0.2) is 24.3 Å². The lowest BCUT2D eigenvalue weighted by molar-refractivity contribution is -0.140. The fraction of sp³-hybridized carbons (Fsp3) is 0.562. The maximum Gasteiger partial charge on any atom is 0.416 e. The first kappa shape index (κ1) is 15.9. The number of carbonyl (C=O) groups excluding carboxylic acids is 1. The van der Waals surface area contributed by atoms with Crippen LogP contribution in [0.1, 0.15) is 50.3 Å². The summed E-state index contributed by atoms with van der Waals surface area (Å²) in [6.45, 7) is 4.16. The highest BCUT2D eigenvalue weighted by Gasteiger charge is 2.33. The Morgan fingerprint density at radius 1 is 1.38 bits per heavy atom. The Morgan fingerprint density at radius 3 is 2.52 bits per heavy atom. The third-order valence-electron chi connectivity index (χ3n) is 4.24. The van der Waals surface area contributed by atoms with E-state index in [9.17, 15) is 18.0 Å². The summed E-state index contributed by atoms with van der Waals surface area (Å²) >= 11 is 0. The van der Waals surface area contributed by atoms with Crippen LogP contribution in [0.2, 0.25) is 0 Å². The molecule has 0 spiro atoms. The van der Waals surface area contributed by atoms with Crippen molar-refractivity contribution >= 4 is 5.91 Å². The molecule has 1 amide bonds. The first-order valence-electron chi connectivity index (χ1n) is 7.32. The highest BCUT2D eigenvalue weighted by atomic mass is 19.4. The molecule has 0 aliphatic heterocycles. The molecule has 0 saturated heterocycles. The highest BCUT2D eigenvalue weighted by molar-refractivity contribution is 5.80. The average Bonchev–Trinajstić information content (AvgIpc) is 2.36. The van der Waals surface area contributed by atoms with Gasteiger partial charge < -0.3 is 4.90 Å². The quantitative estimate of drug-likeness (QED) is 0.806. The van der Waals surface area contributed by atoms with E-state index in [0.717, 1.165) is 31.4 Å². The van der Waals surface area contributed by atoms with Crippen molar-refractivity contribution in [2.24, 2.45) is 5.92 Å². The fourth-order valence-corrected chi connectivity index (χ4v) is 2.67. The fourth-order valence-electron chi connectivity index (χ4n) is 2.67. The topological polar surface area (TPSA) is 20.3 Å². The number of nitrogens with zero attached hydrogens (tertiary/aromatic N) is 1. The average molecular weight is 299 g/mol. The minimum absolute atomic E-state index is 0.0539. The van der Waals surface area contributed by atoms with Gasteiger partial charge in [-0.25, -0.2) is 0 Å². The van der Waals surface area contributed by atoms with Crippen molar-refractivity contribution in [1.82, 2.24) is 4.90 Å². The van der Waals surface area contributed by atoms with Crippen LogP contribution in [-0.4, -0.2) is 17.4 Å². The van der Waals surface area contributed by atoms with Crippen molar-refractivity contribution in [2.45, 2.75) is 45.3 Å². The van der Waals surface area contributed by atoms with Crippen molar-refractivity contribution in [2.75, 3.05) is 6.54 Å². The number of rotatable bonds is 4. The second kappa shape index (κ2) is 6.08. The van der Waals surface area contributed by atoms with Gasteiger partial charge in [-0.3, -0.25) is 4.79 Å². The van der Waals surface area contributed by atoms with Crippen LogP contribution in [-0.2, 0) is 11.0 Å². The zero-order valence-corrected chi connectivity index (χ0v) is 12.3. The molecular formula is C16H20F3NO. The van der Waals surface area contributed by atoms with E-state index in [4.69, 9.17) is 0 Å². The van der Waals surface area contributed by atoms with Crippen molar-refractivity contribution in [3.63, 3.8) is 0 Å². The molecule has 5 heteroatoms. The Hall–Kier alpha value is -1.52. The molecule has 1 saturated carbocycles. The number of alkyl halides is 3. The molecule has 1 unspecified atom stereocenters. The van der Waals surface area contributed by atoms with E-state index in [0.29, 0.717) is 12.1 Å². The van der Waals surface area contributed by atoms with Gasteiger partial charge in [0.15, 0.2) is 0 Å². The Balaban J connectivity index is 2.21. The van der Waals surface area contributed by atoms with Gasteiger partial charge in [0.05, 0.1) is 11.6 Å². The predicted molar refractivity (Wildman–Crippen MR) is 74.6 cm³/mol. The number of halogens is 3. The molecular weight excluding hydrogens is 279 g/mol. The molecule has 1 fully saturated rings. The van der Waals surface area contributed by atoms with Crippen molar-refractivity contribution in [1.29, 1.82) is 0 Å². The number of carbonyl (C=O) groups is 1. The molecule has 0 heterocycles. The van der Waals surface area contributed by atoms with E-state index in [1.54, 1.807) is 17.9 Å². The van der Waals surface area contributed by atoms with E-state index < -0.39 is 11.7 Å². The van der Waals surface area contributed by atoms with Crippen LogP contribution < -0.4 is 0 Å². The molecule has 1 aliphatic rings. The lowest BCUT2D eigenvalue weighted by Crippen LogP contribution is -2.40. The molecule has 116 valence electrons. The SMILES string of the molecule is CCN(C(=O)C1CCC1)C(C)c1cccc(C(F)(F)F)c1. The lowest BCUT2D eigenvalue weighted by atomic mass is 9.84. The summed E-state index contributed by atoms with van der Waals surface area (Å²) in [4.78, 5) is 14.0. The smallest absolute Gasteiger partial charge is 0.336 e. The van der Waals surface area contributed by atoms with Gasteiger partial charge in [0.1, 0.15) is 0 Å². The van der Waals surface area contributed by atoms with Crippen LogP contribution in [0.25, 0.3) is 0 Å². The van der Waals surface area contributed by atoms with Gasteiger partial charge in [-0.05, 0) is 44.4 Å². The molecule has 1 aromatic carbocycles. The molecule has 2 rings (SSSR count). The second-order valence-electron chi connectivity index (χ2n) is 5.55. The summed E-state index contributed by atoms with van der Waals surface area (Å²) < 4.78 is 38.4. The van der Waals surface area contributed by atoms with Gasteiger partial charge in [-0.1, -0.05) is 18.6 Å². The molecule has 0 aromatic heterocycles. The molecule has 2 nitrogen and oxygen atoms in total. The lowest BCUT2D eigenvalue weighted by Gasteiger charge is -2.35. The zero-order valence-electron chi connectivity index (χ0n) is 12.3. The van der Waals surface area contributed by atoms with Gasteiger partial charge >= 0.3 is 6.18 Å². The van der Waals surface area contributed by atoms with Gasteiger partial charge in [0.25, 0.3) is 0 Å². The van der Waals surface area contributed by atoms with Crippen LogP contribution in [0.5, 0.6) is 0 Å². The molecule has 0 radical (unpaired) electrons. The van der Waals surface area contributed by atoms with E-state index in [1.807, 2.05) is 6.92 Å². The first-order valence-corrected chi connectivity index (χ1v) is 7.32. The van der Waals surface area contributed by atoms with Gasteiger partial charge in [0.2, 0.25) is 5.91 Å². The highest BCUT2D eigenvalue weighted by Crippen LogP contribution is 2.34. The Bertz CT molecular complexity index is 508. The predicted octanol–water partition coefficient (Wildman–Crippen LogP) is 4.42. The summed E-state index contributed by atoms with van der Waals surface area (Å²) in [5.74, 6) is 0.117. The Labute approximate surface area is 122 Å². The van der Waals surface area contributed by atoms with Crippen LogP contribution in [0.3, 0.4) is 0 Å². The first-order chi connectivity index (χ1) is 9.84. The third kappa shape index (κ3) is 3.39. The zero-order chi connectivity index (χ0) is 15.6. The van der Waals surface area contributed by atoms with Gasteiger partial charge in [0, 0.05) is 12.5 Å². The molecule has 1 aromatic rings. The summed E-state index contributed by atoms with van der Waals surface area (Å²) in [7, 11) is 0. The van der Waals surface area contributed by atoms with E-state index in [2.05, 4.69) is 0 Å². The van der Waals surface area contributed by atoms with E-state index in [1.165, 1.54) is 6.07 Å². The molecule has 21 heavy (non-hydrogen) atoms. The minimum Gasteiger partial charge on any atom is -0.336 e. The summed E-state index contributed by atoms with van der Waals surface area (Å²) in [6, 6.07) is 4.90. The van der Waals surface area contributed by atoms with Crippen molar-refractivity contribution < 1.29 is 18.0 Å². The summed E-state index contributed by atoms with van der Waals surface area (Å²) in [6.07, 6.45) is -1.51. The molecule has 0 N–H and O–H groups in total. The standard InChI is InChI=1S/C16H20F3NO/c1-3-20(15(21)12-6-4-7-12)11(2)13-8-5-9-14(10-13)16(17,18)19/h5,8-12H,3-4,6-7H2,1-2H3. The van der Waals surface area contributed by atoms with Crippen LogP contribution in [0.4, 0.5) is 13.2 Å². The van der Waals surface area contributed by atoms with Crippen molar-refractivity contribution in [3.8, 4) is 0 Å². The molecule has 0 bridgehead atoms. The van der Waals surface area contributed by atoms with Gasteiger partial charge in [-0.15, -0.1) is 0 Å². The van der Waals surface area contributed by atoms with Gasteiger partial charge in [-0.2, -0.15) is 13.2 Å². The minimum atomic E-state index is -4.36. The monoisotopic (exact) mass is 299 g/mol. The number of hydrogen-bond donors (Lipinski definition) is 0. The maximum atomic E-state index is 12.8. The number of hydrogen-bond acceptors (Lipinski definition) is 1. The Kier molecular flexibility index (Phi) is 4.59. The normalized spacial score (nSPS) is 17.2. The largest absolute Gasteiger partial charge is 0.416 e. The van der Waals surface area contributed by atoms with E-state index in [-0.39, 0.29) is 17.9 Å². The molecule has 1 atom stereocenters. The number of benzene rings is 1. The maximum absolute atomic E-state index is 12.8. The molecule has 1 aliphatic carbocycles. The summed E-state index contributed by atoms with van der Waals surface area (Å²) in [5.41, 5.74) is -0.140. The summed E-state index contributed by atoms with van der Waals surface area (Å²) in [5, 5.41) is 0. The van der Waals surface area contributed by atoms with Crippen molar-refractivity contribution in [3.05, 3.63) is 35.4 Å². The third-order valence-corrected chi connectivity index (χ3v) is 4.24. The van der Waals surface area contributed by atoms with Crippen LogP contribution in [0, 0.1) is 5.92 Å². The van der Waals surface area contributed by atoms with E-state index >= 15 is 0 Å². The number of amides is 1.